The van der Waals surface area contributed by atoms with Gasteiger partial charge in [0.05, 0.1) is 4.90 Å². The van der Waals surface area contributed by atoms with Crippen molar-refractivity contribution in [1.29, 1.82) is 0 Å². The minimum Gasteiger partial charge on any atom is -0.219 e. The summed E-state index contributed by atoms with van der Waals surface area (Å²) in [6.07, 6.45) is 4.52. The van der Waals surface area contributed by atoms with Crippen molar-refractivity contribution in [2.24, 2.45) is 11.3 Å². The molecule has 0 fully saturated rings. The fourth-order valence-corrected chi connectivity index (χ4v) is 4.16. The number of hydrogen-bond acceptors (Lipinski definition) is 2. The van der Waals surface area contributed by atoms with Crippen LogP contribution in [0.4, 0.5) is 0 Å². The van der Waals surface area contributed by atoms with Crippen LogP contribution >= 0.6 is 0 Å². The molecule has 0 heterocycles. The second kappa shape index (κ2) is 5.12. The van der Waals surface area contributed by atoms with Gasteiger partial charge < -0.3 is 0 Å². The zero-order valence-corrected chi connectivity index (χ0v) is 12.7. The van der Waals surface area contributed by atoms with Gasteiger partial charge in [0, 0.05) is 4.91 Å². The van der Waals surface area contributed by atoms with E-state index in [9.17, 15) is 8.42 Å². The van der Waals surface area contributed by atoms with E-state index in [2.05, 4.69) is 20.8 Å². The van der Waals surface area contributed by atoms with Crippen molar-refractivity contribution >= 4 is 9.84 Å². The van der Waals surface area contributed by atoms with E-state index in [4.69, 9.17) is 0 Å². The average Bonchev–Trinajstić information content (AvgIpc) is 2.39. The lowest BCUT2D eigenvalue weighted by molar-refractivity contribution is 0.221. The van der Waals surface area contributed by atoms with Gasteiger partial charge in [-0.15, -0.1) is 0 Å². The van der Waals surface area contributed by atoms with Crippen LogP contribution in [0.3, 0.4) is 0 Å². The first-order valence-electron chi connectivity index (χ1n) is 6.81. The molecular weight excluding hydrogens is 256 g/mol. The van der Waals surface area contributed by atoms with Crippen molar-refractivity contribution in [3.63, 3.8) is 0 Å². The molecule has 1 aliphatic rings. The zero-order chi connectivity index (χ0) is 14.1. The molecule has 0 saturated heterocycles. The van der Waals surface area contributed by atoms with Gasteiger partial charge in [-0.05, 0) is 42.7 Å². The highest BCUT2D eigenvalue weighted by molar-refractivity contribution is 7.95. The van der Waals surface area contributed by atoms with Crippen molar-refractivity contribution in [3.8, 4) is 0 Å². The summed E-state index contributed by atoms with van der Waals surface area (Å²) < 4.78 is 25.2. The standard InChI is InChI=1S/C16H22O2S/c1-16(2,3)13-8-7-11-15(12-13)19(17,18)14-9-5-4-6-10-14/h4-6,9-11,13H,7-8,12H2,1-3H3. The van der Waals surface area contributed by atoms with Crippen molar-refractivity contribution < 1.29 is 8.42 Å². The van der Waals surface area contributed by atoms with E-state index in [-0.39, 0.29) is 5.41 Å². The lowest BCUT2D eigenvalue weighted by Gasteiger charge is -2.33. The highest BCUT2D eigenvalue weighted by Gasteiger charge is 2.32. The largest absolute Gasteiger partial charge is 0.219 e. The first-order chi connectivity index (χ1) is 8.82. The van der Waals surface area contributed by atoms with Gasteiger partial charge in [0.1, 0.15) is 0 Å². The highest BCUT2D eigenvalue weighted by Crippen LogP contribution is 2.40. The van der Waals surface area contributed by atoms with E-state index < -0.39 is 9.84 Å². The van der Waals surface area contributed by atoms with Crippen molar-refractivity contribution in [2.45, 2.75) is 44.9 Å². The summed E-state index contributed by atoms with van der Waals surface area (Å²) in [5.74, 6) is 0.436. The number of rotatable bonds is 2. The molecule has 2 nitrogen and oxygen atoms in total. The van der Waals surface area contributed by atoms with Gasteiger partial charge in [-0.1, -0.05) is 45.0 Å². The SMILES string of the molecule is CC(C)(C)C1CCC=C(S(=O)(=O)c2ccccc2)C1. The lowest BCUT2D eigenvalue weighted by atomic mass is 9.74. The van der Waals surface area contributed by atoms with E-state index in [1.807, 2.05) is 12.1 Å². The van der Waals surface area contributed by atoms with Crippen molar-refractivity contribution in [1.82, 2.24) is 0 Å². The van der Waals surface area contributed by atoms with E-state index in [1.54, 1.807) is 24.3 Å². The Labute approximate surface area is 116 Å². The third kappa shape index (κ3) is 3.08. The Balaban J connectivity index is 2.30. The van der Waals surface area contributed by atoms with Gasteiger partial charge in [-0.2, -0.15) is 0 Å². The maximum Gasteiger partial charge on any atom is 0.202 e. The van der Waals surface area contributed by atoms with Gasteiger partial charge in [0.2, 0.25) is 9.84 Å². The molecule has 1 aromatic rings. The molecule has 0 N–H and O–H groups in total. The molecule has 0 aromatic heterocycles. The highest BCUT2D eigenvalue weighted by atomic mass is 32.2. The summed E-state index contributed by atoms with van der Waals surface area (Å²) in [5.41, 5.74) is 0.158. The Morgan fingerprint density at radius 1 is 1.11 bits per heavy atom. The molecule has 1 unspecified atom stereocenters. The number of hydrogen-bond donors (Lipinski definition) is 0. The second-order valence-corrected chi connectivity index (χ2v) is 8.33. The van der Waals surface area contributed by atoms with Gasteiger partial charge in [0.15, 0.2) is 0 Å². The van der Waals surface area contributed by atoms with Gasteiger partial charge in [0.25, 0.3) is 0 Å². The summed E-state index contributed by atoms with van der Waals surface area (Å²) in [5, 5.41) is 0. The lowest BCUT2D eigenvalue weighted by Crippen LogP contribution is -2.24. The fourth-order valence-electron chi connectivity index (χ4n) is 2.58. The molecule has 3 heteroatoms. The molecule has 0 spiro atoms. The van der Waals surface area contributed by atoms with Crippen LogP contribution < -0.4 is 0 Å². The third-order valence-corrected chi connectivity index (χ3v) is 5.87. The van der Waals surface area contributed by atoms with Crippen molar-refractivity contribution in [3.05, 3.63) is 41.3 Å². The molecular formula is C16H22O2S. The molecule has 0 bridgehead atoms. The van der Waals surface area contributed by atoms with Crippen LogP contribution in [-0.4, -0.2) is 8.42 Å². The van der Waals surface area contributed by atoms with E-state index >= 15 is 0 Å². The quantitative estimate of drug-likeness (QED) is 0.813. The number of sulfone groups is 1. The smallest absolute Gasteiger partial charge is 0.202 e. The van der Waals surface area contributed by atoms with Gasteiger partial charge in [-0.3, -0.25) is 0 Å². The molecule has 0 amide bonds. The molecule has 0 aliphatic heterocycles. The first-order valence-corrected chi connectivity index (χ1v) is 8.29. The Kier molecular flexibility index (Phi) is 3.86. The molecule has 19 heavy (non-hydrogen) atoms. The molecule has 1 atom stereocenters. The van der Waals surface area contributed by atoms with E-state index in [0.29, 0.717) is 22.1 Å². The van der Waals surface area contributed by atoms with Crippen LogP contribution in [-0.2, 0) is 9.84 Å². The Morgan fingerprint density at radius 3 is 2.32 bits per heavy atom. The Bertz CT molecular complexity index is 563. The first kappa shape index (κ1) is 14.3. The predicted octanol–water partition coefficient (Wildman–Crippen LogP) is 4.19. The summed E-state index contributed by atoms with van der Waals surface area (Å²) in [6.45, 7) is 6.57. The molecule has 1 aliphatic carbocycles. The van der Waals surface area contributed by atoms with Gasteiger partial charge >= 0.3 is 0 Å². The predicted molar refractivity (Wildman–Crippen MR) is 78.5 cm³/mol. The second-order valence-electron chi connectivity index (χ2n) is 6.33. The summed E-state index contributed by atoms with van der Waals surface area (Å²) in [7, 11) is -3.29. The normalized spacial score (nSPS) is 21.0. The minimum absolute atomic E-state index is 0.158. The molecule has 0 saturated carbocycles. The minimum atomic E-state index is -3.29. The summed E-state index contributed by atoms with van der Waals surface area (Å²) in [6, 6.07) is 8.75. The van der Waals surface area contributed by atoms with Crippen molar-refractivity contribution in [2.75, 3.05) is 0 Å². The van der Waals surface area contributed by atoms with Crippen LogP contribution in [0, 0.1) is 11.3 Å². The van der Waals surface area contributed by atoms with Gasteiger partial charge in [-0.25, -0.2) is 8.42 Å². The van der Waals surface area contributed by atoms with E-state index in [1.165, 1.54) is 0 Å². The summed E-state index contributed by atoms with van der Waals surface area (Å²) in [4.78, 5) is 1.01. The fraction of sp³-hybridized carbons (Fsp3) is 0.500. The van der Waals surface area contributed by atoms with Crippen LogP contribution in [0.15, 0.2) is 46.2 Å². The molecule has 2 rings (SSSR count). The van der Waals surface area contributed by atoms with Crippen LogP contribution in [0.1, 0.15) is 40.0 Å². The topological polar surface area (TPSA) is 34.1 Å². The van der Waals surface area contributed by atoms with E-state index in [0.717, 1.165) is 12.8 Å². The maximum atomic E-state index is 12.6. The zero-order valence-electron chi connectivity index (χ0n) is 11.9. The number of allylic oxidation sites excluding steroid dienone is 2. The maximum absolute atomic E-state index is 12.6. The monoisotopic (exact) mass is 278 g/mol. The van der Waals surface area contributed by atoms with Crippen LogP contribution in [0.25, 0.3) is 0 Å². The Hall–Kier alpha value is -1.09. The van der Waals surface area contributed by atoms with Crippen LogP contribution in [0.2, 0.25) is 0 Å². The third-order valence-electron chi connectivity index (χ3n) is 3.96. The number of benzene rings is 1. The molecule has 104 valence electrons. The van der Waals surface area contributed by atoms with Crippen LogP contribution in [0.5, 0.6) is 0 Å². The average molecular weight is 278 g/mol. The molecule has 0 radical (unpaired) electrons. The molecule has 1 aromatic carbocycles. The Morgan fingerprint density at radius 2 is 1.74 bits per heavy atom. The summed E-state index contributed by atoms with van der Waals surface area (Å²) >= 11 is 0.